The SMILES string of the molecule is CC(Nc1nc(N)ncc1C#N)c1nc2cccc(-c3ccc4c(c3)OCO4)c2c(=O)n1-c1ccccc1. The number of anilines is 2. The number of aromatic nitrogens is 4. The second kappa shape index (κ2) is 9.22. The summed E-state index contributed by atoms with van der Waals surface area (Å²) in [5, 5.41) is 13.2. The van der Waals surface area contributed by atoms with Gasteiger partial charge in [0.1, 0.15) is 23.3 Å². The maximum Gasteiger partial charge on any atom is 0.266 e. The summed E-state index contributed by atoms with van der Waals surface area (Å²) < 4.78 is 12.6. The normalized spacial score (nSPS) is 12.7. The number of nitrogens with one attached hydrogen (secondary N) is 1. The van der Waals surface area contributed by atoms with E-state index in [4.69, 9.17) is 20.2 Å². The van der Waals surface area contributed by atoms with Gasteiger partial charge >= 0.3 is 0 Å². The van der Waals surface area contributed by atoms with Crippen molar-refractivity contribution in [2.24, 2.45) is 0 Å². The molecule has 38 heavy (non-hydrogen) atoms. The Balaban J connectivity index is 1.56. The van der Waals surface area contributed by atoms with Crippen LogP contribution in [0.3, 0.4) is 0 Å². The lowest BCUT2D eigenvalue weighted by Gasteiger charge is -2.21. The van der Waals surface area contributed by atoms with Crippen LogP contribution in [0.1, 0.15) is 24.4 Å². The van der Waals surface area contributed by atoms with E-state index in [1.165, 1.54) is 6.20 Å². The Kier molecular flexibility index (Phi) is 5.58. The standard InChI is InChI=1S/C28H21N7O3/c1-16(32-25-18(13-29)14-31-28(30)34-25)26-33-21-9-5-8-20(17-10-11-22-23(12-17)38-15-37-22)24(21)27(36)35(26)19-6-3-2-4-7-19/h2-12,14,16H,15H2,1H3,(H3,30,31,32,34). The van der Waals surface area contributed by atoms with Crippen molar-refractivity contribution < 1.29 is 9.47 Å². The van der Waals surface area contributed by atoms with Gasteiger partial charge in [0.2, 0.25) is 12.7 Å². The molecule has 10 heteroatoms. The highest BCUT2D eigenvalue weighted by Crippen LogP contribution is 2.37. The molecule has 3 N–H and O–H groups in total. The fourth-order valence-electron chi connectivity index (χ4n) is 4.53. The first-order valence-electron chi connectivity index (χ1n) is 11.8. The van der Waals surface area contributed by atoms with Crippen molar-refractivity contribution in [2.75, 3.05) is 17.8 Å². The predicted molar refractivity (Wildman–Crippen MR) is 142 cm³/mol. The summed E-state index contributed by atoms with van der Waals surface area (Å²) in [6.07, 6.45) is 1.35. The lowest BCUT2D eigenvalue weighted by molar-refractivity contribution is 0.174. The summed E-state index contributed by atoms with van der Waals surface area (Å²) in [5.74, 6) is 2.02. The highest BCUT2D eigenvalue weighted by atomic mass is 16.7. The number of benzene rings is 3. The Morgan fingerprint density at radius 3 is 2.68 bits per heavy atom. The van der Waals surface area contributed by atoms with Gasteiger partial charge in [0.15, 0.2) is 11.5 Å². The second-order valence-electron chi connectivity index (χ2n) is 8.68. The largest absolute Gasteiger partial charge is 0.454 e. The van der Waals surface area contributed by atoms with Crippen molar-refractivity contribution in [3.05, 3.63) is 94.7 Å². The maximum absolute atomic E-state index is 14.3. The molecule has 1 atom stereocenters. The number of nitrogen functional groups attached to an aromatic ring is 1. The molecule has 1 aliphatic rings. The van der Waals surface area contributed by atoms with Crippen LogP contribution >= 0.6 is 0 Å². The summed E-state index contributed by atoms with van der Waals surface area (Å²) in [5.41, 5.74) is 8.48. The highest BCUT2D eigenvalue weighted by Gasteiger charge is 2.22. The number of hydrogen-bond acceptors (Lipinski definition) is 9. The summed E-state index contributed by atoms with van der Waals surface area (Å²) in [4.78, 5) is 27.2. The first kappa shape index (κ1) is 23.0. The number of para-hydroxylation sites is 1. The van der Waals surface area contributed by atoms with Crippen LogP contribution in [0, 0.1) is 11.3 Å². The molecule has 3 heterocycles. The van der Waals surface area contributed by atoms with Gasteiger partial charge in [0.05, 0.1) is 28.8 Å². The first-order valence-corrected chi connectivity index (χ1v) is 11.8. The number of nitrogens with two attached hydrogens (primary N) is 1. The zero-order chi connectivity index (χ0) is 26.2. The first-order chi connectivity index (χ1) is 18.5. The molecule has 0 saturated carbocycles. The van der Waals surface area contributed by atoms with Crippen molar-refractivity contribution in [1.82, 2.24) is 19.5 Å². The van der Waals surface area contributed by atoms with E-state index in [1.807, 2.05) is 73.7 Å². The minimum absolute atomic E-state index is 0.0268. The van der Waals surface area contributed by atoms with E-state index in [0.717, 1.165) is 11.1 Å². The zero-order valence-corrected chi connectivity index (χ0v) is 20.3. The van der Waals surface area contributed by atoms with Gasteiger partial charge < -0.3 is 20.5 Å². The molecule has 5 aromatic rings. The molecule has 186 valence electrons. The Morgan fingerprint density at radius 1 is 1.05 bits per heavy atom. The Bertz CT molecular complexity index is 1800. The summed E-state index contributed by atoms with van der Waals surface area (Å²) in [6, 6.07) is 22.0. The van der Waals surface area contributed by atoms with Gasteiger partial charge in [-0.3, -0.25) is 9.36 Å². The van der Waals surface area contributed by atoms with Gasteiger partial charge in [-0.2, -0.15) is 10.2 Å². The van der Waals surface area contributed by atoms with Gasteiger partial charge in [0, 0.05) is 0 Å². The van der Waals surface area contributed by atoms with Crippen LogP contribution < -0.4 is 26.1 Å². The van der Waals surface area contributed by atoms with Crippen LogP contribution in [-0.4, -0.2) is 26.3 Å². The molecule has 1 aliphatic heterocycles. The van der Waals surface area contributed by atoms with E-state index in [-0.39, 0.29) is 29.7 Å². The molecular weight excluding hydrogens is 482 g/mol. The number of nitrogens with zero attached hydrogens (tertiary/aromatic N) is 5. The molecule has 0 saturated heterocycles. The lowest BCUT2D eigenvalue weighted by Crippen LogP contribution is -2.28. The number of rotatable bonds is 5. The molecule has 0 spiro atoms. The molecule has 1 unspecified atom stereocenters. The van der Waals surface area contributed by atoms with Crippen LogP contribution in [0.5, 0.6) is 11.5 Å². The maximum atomic E-state index is 14.3. The quantitative estimate of drug-likeness (QED) is 0.361. The van der Waals surface area contributed by atoms with E-state index in [0.29, 0.717) is 33.9 Å². The van der Waals surface area contributed by atoms with E-state index >= 15 is 0 Å². The van der Waals surface area contributed by atoms with Crippen molar-refractivity contribution in [1.29, 1.82) is 5.26 Å². The number of fused-ring (bicyclic) bond motifs is 2. The van der Waals surface area contributed by atoms with Crippen molar-refractivity contribution in [2.45, 2.75) is 13.0 Å². The smallest absolute Gasteiger partial charge is 0.266 e. The molecular formula is C28H21N7O3. The third kappa shape index (κ3) is 3.92. The fourth-order valence-corrected chi connectivity index (χ4v) is 4.53. The van der Waals surface area contributed by atoms with Gasteiger partial charge in [0.25, 0.3) is 5.56 Å². The zero-order valence-electron chi connectivity index (χ0n) is 20.3. The molecule has 0 amide bonds. The van der Waals surface area contributed by atoms with Crippen LogP contribution in [0.15, 0.2) is 77.7 Å². The minimum Gasteiger partial charge on any atom is -0.454 e. The van der Waals surface area contributed by atoms with Crippen LogP contribution in [-0.2, 0) is 0 Å². The molecule has 0 aliphatic carbocycles. The van der Waals surface area contributed by atoms with Crippen LogP contribution in [0.25, 0.3) is 27.7 Å². The Hall–Kier alpha value is -5.43. The third-order valence-corrected chi connectivity index (χ3v) is 6.29. The van der Waals surface area contributed by atoms with E-state index in [2.05, 4.69) is 21.4 Å². The summed E-state index contributed by atoms with van der Waals surface area (Å²) >= 11 is 0. The van der Waals surface area contributed by atoms with Crippen LogP contribution in [0.4, 0.5) is 11.8 Å². The topological polar surface area (TPSA) is 141 Å². The highest BCUT2D eigenvalue weighted by molar-refractivity contribution is 5.94. The second-order valence-corrected chi connectivity index (χ2v) is 8.68. The molecule has 0 radical (unpaired) electrons. The van der Waals surface area contributed by atoms with Gasteiger partial charge in [-0.15, -0.1) is 0 Å². The van der Waals surface area contributed by atoms with Crippen molar-refractivity contribution in [3.63, 3.8) is 0 Å². The van der Waals surface area contributed by atoms with Gasteiger partial charge in [-0.25, -0.2) is 9.97 Å². The van der Waals surface area contributed by atoms with Crippen LogP contribution in [0.2, 0.25) is 0 Å². The average Bonchev–Trinajstić information content (AvgIpc) is 3.41. The molecule has 0 fully saturated rings. The minimum atomic E-state index is -0.525. The van der Waals surface area contributed by atoms with E-state index < -0.39 is 6.04 Å². The van der Waals surface area contributed by atoms with Crippen molar-refractivity contribution >= 4 is 22.7 Å². The monoisotopic (exact) mass is 503 g/mol. The van der Waals surface area contributed by atoms with Gasteiger partial charge in [-0.1, -0.05) is 36.4 Å². The Labute approximate surface area is 216 Å². The number of nitriles is 1. The van der Waals surface area contributed by atoms with Gasteiger partial charge in [-0.05, 0) is 48.4 Å². The molecule has 10 nitrogen and oxygen atoms in total. The van der Waals surface area contributed by atoms with E-state index in [1.54, 1.807) is 4.57 Å². The average molecular weight is 504 g/mol. The Morgan fingerprint density at radius 2 is 1.87 bits per heavy atom. The molecule has 0 bridgehead atoms. The predicted octanol–water partition coefficient (Wildman–Crippen LogP) is 4.20. The summed E-state index contributed by atoms with van der Waals surface area (Å²) in [7, 11) is 0. The third-order valence-electron chi connectivity index (χ3n) is 6.29. The molecule has 3 aromatic carbocycles. The number of ether oxygens (including phenoxy) is 2. The molecule has 6 rings (SSSR count). The number of hydrogen-bond donors (Lipinski definition) is 2. The molecule has 2 aromatic heterocycles. The van der Waals surface area contributed by atoms with Crippen molar-refractivity contribution in [3.8, 4) is 34.4 Å². The lowest BCUT2D eigenvalue weighted by atomic mass is 10.0. The van der Waals surface area contributed by atoms with E-state index in [9.17, 15) is 10.1 Å². The fraction of sp³-hybridized carbons (Fsp3) is 0.107. The summed E-state index contributed by atoms with van der Waals surface area (Å²) in [6.45, 7) is 2.00.